The van der Waals surface area contributed by atoms with E-state index in [1.807, 2.05) is 19.1 Å². The molecule has 96 valence electrons. The molecule has 0 aliphatic carbocycles. The molecule has 0 spiro atoms. The number of anilines is 1. The Morgan fingerprint density at radius 1 is 1.50 bits per heavy atom. The Labute approximate surface area is 106 Å². The molecule has 0 saturated heterocycles. The second kappa shape index (κ2) is 4.68. The van der Waals surface area contributed by atoms with Gasteiger partial charge in [0, 0.05) is 24.7 Å². The molecule has 1 aromatic rings. The first kappa shape index (κ1) is 12.4. The van der Waals surface area contributed by atoms with Gasteiger partial charge in [-0.25, -0.2) is 0 Å². The average Bonchev–Trinajstić information content (AvgIpc) is 2.61. The third-order valence-corrected chi connectivity index (χ3v) is 3.01. The molecular weight excluding hydrogens is 232 g/mol. The van der Waals surface area contributed by atoms with Crippen molar-refractivity contribution in [2.24, 2.45) is 0 Å². The summed E-state index contributed by atoms with van der Waals surface area (Å²) in [6.07, 6.45) is 0. The number of hydrogen-bond donors (Lipinski definition) is 1. The fourth-order valence-electron chi connectivity index (χ4n) is 2.21. The maximum atomic E-state index is 12.2. The summed E-state index contributed by atoms with van der Waals surface area (Å²) in [4.78, 5) is 25.1. The second-order valence-corrected chi connectivity index (χ2v) is 4.14. The molecule has 0 radical (unpaired) electrons. The SMILES string of the molecule is CCN1C(=O)[C@H](NC(C)=O)c2cc(OC)ccc21. The van der Waals surface area contributed by atoms with Gasteiger partial charge in [-0.05, 0) is 25.1 Å². The van der Waals surface area contributed by atoms with Gasteiger partial charge in [-0.1, -0.05) is 0 Å². The minimum absolute atomic E-state index is 0.101. The van der Waals surface area contributed by atoms with Gasteiger partial charge in [0.15, 0.2) is 0 Å². The Balaban J connectivity index is 2.46. The lowest BCUT2D eigenvalue weighted by atomic mass is 10.1. The van der Waals surface area contributed by atoms with E-state index in [0.717, 1.165) is 11.3 Å². The molecular formula is C13H16N2O3. The van der Waals surface area contributed by atoms with Crippen LogP contribution >= 0.6 is 0 Å². The van der Waals surface area contributed by atoms with Crippen molar-refractivity contribution in [1.29, 1.82) is 0 Å². The van der Waals surface area contributed by atoms with Crippen LogP contribution in [0.15, 0.2) is 18.2 Å². The second-order valence-electron chi connectivity index (χ2n) is 4.14. The number of nitrogens with zero attached hydrogens (tertiary/aromatic N) is 1. The highest BCUT2D eigenvalue weighted by atomic mass is 16.5. The monoisotopic (exact) mass is 248 g/mol. The van der Waals surface area contributed by atoms with Gasteiger partial charge in [0.2, 0.25) is 5.91 Å². The summed E-state index contributed by atoms with van der Waals surface area (Å²) in [6, 6.07) is 4.85. The molecule has 2 amide bonds. The Morgan fingerprint density at radius 3 is 2.78 bits per heavy atom. The summed E-state index contributed by atoms with van der Waals surface area (Å²) >= 11 is 0. The lowest BCUT2D eigenvalue weighted by molar-refractivity contribution is -0.126. The number of carbonyl (C=O) groups excluding carboxylic acids is 2. The van der Waals surface area contributed by atoms with Gasteiger partial charge >= 0.3 is 0 Å². The molecule has 1 aliphatic rings. The van der Waals surface area contributed by atoms with Crippen molar-refractivity contribution in [3.63, 3.8) is 0 Å². The van der Waals surface area contributed by atoms with Crippen LogP contribution in [0.3, 0.4) is 0 Å². The minimum Gasteiger partial charge on any atom is -0.497 e. The lowest BCUT2D eigenvalue weighted by Crippen LogP contribution is -2.36. The van der Waals surface area contributed by atoms with Crippen LogP contribution < -0.4 is 15.0 Å². The van der Waals surface area contributed by atoms with Crippen LogP contribution in [0.2, 0.25) is 0 Å². The largest absolute Gasteiger partial charge is 0.497 e. The quantitative estimate of drug-likeness (QED) is 0.875. The van der Waals surface area contributed by atoms with Gasteiger partial charge < -0.3 is 15.0 Å². The number of fused-ring (bicyclic) bond motifs is 1. The summed E-state index contributed by atoms with van der Waals surface area (Å²) < 4.78 is 5.15. The molecule has 0 fully saturated rings. The third kappa shape index (κ3) is 1.92. The van der Waals surface area contributed by atoms with E-state index in [-0.39, 0.29) is 11.8 Å². The zero-order valence-electron chi connectivity index (χ0n) is 10.7. The van der Waals surface area contributed by atoms with Crippen LogP contribution in [0, 0.1) is 0 Å². The van der Waals surface area contributed by atoms with Gasteiger partial charge in [0.1, 0.15) is 11.8 Å². The maximum Gasteiger partial charge on any atom is 0.254 e. The van der Waals surface area contributed by atoms with Crippen molar-refractivity contribution in [1.82, 2.24) is 5.32 Å². The van der Waals surface area contributed by atoms with Crippen LogP contribution in [0.1, 0.15) is 25.5 Å². The molecule has 2 rings (SSSR count). The zero-order chi connectivity index (χ0) is 13.3. The summed E-state index contributed by atoms with van der Waals surface area (Å²) in [5, 5.41) is 2.68. The Kier molecular flexibility index (Phi) is 3.23. The van der Waals surface area contributed by atoms with Crippen molar-refractivity contribution in [2.45, 2.75) is 19.9 Å². The Bertz CT molecular complexity index is 499. The smallest absolute Gasteiger partial charge is 0.254 e. The zero-order valence-corrected chi connectivity index (χ0v) is 10.7. The van der Waals surface area contributed by atoms with Crippen molar-refractivity contribution >= 4 is 17.5 Å². The fraction of sp³-hybridized carbons (Fsp3) is 0.385. The molecule has 1 aliphatic heterocycles. The molecule has 1 N–H and O–H groups in total. The van der Waals surface area contributed by atoms with Crippen LogP contribution in [0.5, 0.6) is 5.75 Å². The number of amides is 2. The van der Waals surface area contributed by atoms with Crippen molar-refractivity contribution in [3.05, 3.63) is 23.8 Å². The number of rotatable bonds is 3. The number of carbonyl (C=O) groups is 2. The molecule has 18 heavy (non-hydrogen) atoms. The fourth-order valence-corrected chi connectivity index (χ4v) is 2.21. The summed E-state index contributed by atoms with van der Waals surface area (Å²) in [7, 11) is 1.57. The van der Waals surface area contributed by atoms with Gasteiger partial charge in [0.05, 0.1) is 7.11 Å². The van der Waals surface area contributed by atoms with E-state index in [0.29, 0.717) is 12.3 Å². The van der Waals surface area contributed by atoms with Crippen molar-refractivity contribution in [2.75, 3.05) is 18.6 Å². The third-order valence-electron chi connectivity index (χ3n) is 3.01. The first-order valence-corrected chi connectivity index (χ1v) is 5.85. The Morgan fingerprint density at radius 2 is 2.22 bits per heavy atom. The number of ether oxygens (including phenoxy) is 1. The number of hydrogen-bond acceptors (Lipinski definition) is 3. The molecule has 1 heterocycles. The van der Waals surface area contributed by atoms with Crippen LogP contribution in [-0.2, 0) is 9.59 Å². The number of methoxy groups -OCH3 is 1. The van der Waals surface area contributed by atoms with E-state index in [1.165, 1.54) is 6.92 Å². The molecule has 1 atom stereocenters. The van der Waals surface area contributed by atoms with Crippen LogP contribution in [0.4, 0.5) is 5.69 Å². The molecule has 5 heteroatoms. The average molecular weight is 248 g/mol. The van der Waals surface area contributed by atoms with Crippen molar-refractivity contribution in [3.8, 4) is 5.75 Å². The molecule has 0 bridgehead atoms. The van der Waals surface area contributed by atoms with Gasteiger partial charge in [-0.2, -0.15) is 0 Å². The normalized spacial score (nSPS) is 17.6. The summed E-state index contributed by atoms with van der Waals surface area (Å²) in [6.45, 7) is 3.89. The van der Waals surface area contributed by atoms with Crippen molar-refractivity contribution < 1.29 is 14.3 Å². The van der Waals surface area contributed by atoms with E-state index in [1.54, 1.807) is 18.1 Å². The Hall–Kier alpha value is -2.04. The summed E-state index contributed by atoms with van der Waals surface area (Å²) in [5.41, 5.74) is 1.62. The summed E-state index contributed by atoms with van der Waals surface area (Å²) in [5.74, 6) is 0.353. The van der Waals surface area contributed by atoms with E-state index < -0.39 is 6.04 Å². The number of benzene rings is 1. The highest BCUT2D eigenvalue weighted by Crippen LogP contribution is 2.37. The molecule has 5 nitrogen and oxygen atoms in total. The van der Waals surface area contributed by atoms with E-state index in [2.05, 4.69) is 5.32 Å². The number of nitrogens with one attached hydrogen (secondary N) is 1. The van der Waals surface area contributed by atoms with E-state index in [9.17, 15) is 9.59 Å². The first-order valence-electron chi connectivity index (χ1n) is 5.85. The number of likely N-dealkylation sites (N-methyl/N-ethyl adjacent to an activating group) is 1. The molecule has 0 aromatic heterocycles. The molecule has 0 unspecified atom stereocenters. The molecule has 0 saturated carbocycles. The predicted molar refractivity (Wildman–Crippen MR) is 67.6 cm³/mol. The highest BCUT2D eigenvalue weighted by molar-refractivity contribution is 6.06. The topological polar surface area (TPSA) is 58.6 Å². The first-order chi connectivity index (χ1) is 8.58. The maximum absolute atomic E-state index is 12.2. The standard InChI is InChI=1S/C13H16N2O3/c1-4-15-11-6-5-9(18-3)7-10(11)12(13(15)17)14-8(2)16/h5-7,12H,4H2,1-3H3,(H,14,16)/t12-/m1/s1. The van der Waals surface area contributed by atoms with Crippen LogP contribution in [0.25, 0.3) is 0 Å². The van der Waals surface area contributed by atoms with E-state index in [4.69, 9.17) is 4.74 Å². The predicted octanol–water partition coefficient (Wildman–Crippen LogP) is 1.24. The van der Waals surface area contributed by atoms with Gasteiger partial charge in [0.25, 0.3) is 5.91 Å². The van der Waals surface area contributed by atoms with Gasteiger partial charge in [-0.15, -0.1) is 0 Å². The van der Waals surface area contributed by atoms with Crippen LogP contribution in [-0.4, -0.2) is 25.5 Å². The van der Waals surface area contributed by atoms with E-state index >= 15 is 0 Å². The molecule has 1 aromatic carbocycles. The van der Waals surface area contributed by atoms with Gasteiger partial charge in [-0.3, -0.25) is 9.59 Å². The highest BCUT2D eigenvalue weighted by Gasteiger charge is 2.37. The minimum atomic E-state index is -0.604. The lowest BCUT2D eigenvalue weighted by Gasteiger charge is -2.15.